The van der Waals surface area contributed by atoms with Crippen LogP contribution in [0.3, 0.4) is 0 Å². The van der Waals surface area contributed by atoms with E-state index in [1.807, 2.05) is 6.07 Å². The number of halogens is 1. The van der Waals surface area contributed by atoms with Gasteiger partial charge in [0.2, 0.25) is 0 Å². The van der Waals surface area contributed by atoms with Gasteiger partial charge < -0.3 is 14.5 Å². The lowest BCUT2D eigenvalue weighted by Crippen LogP contribution is -2.17. The molecule has 1 aliphatic rings. The Morgan fingerprint density at radius 3 is 2.93 bits per heavy atom. The number of furan rings is 1. The van der Waals surface area contributed by atoms with Gasteiger partial charge in [-0.05, 0) is 65.7 Å². The van der Waals surface area contributed by atoms with Crippen LogP contribution in [0.15, 0.2) is 26.8 Å². The average Bonchev–Trinajstić information content (AvgIpc) is 3.21. The van der Waals surface area contributed by atoms with E-state index in [2.05, 4.69) is 28.2 Å². The molecular weight excluding hydrogens is 444 g/mol. The minimum Gasteiger partial charge on any atom is -0.462 e. The molecule has 146 valence electrons. The van der Waals surface area contributed by atoms with Crippen LogP contribution in [0.5, 0.6) is 0 Å². The van der Waals surface area contributed by atoms with Gasteiger partial charge >= 0.3 is 5.97 Å². The van der Waals surface area contributed by atoms with Crippen molar-refractivity contribution in [3.63, 3.8) is 0 Å². The summed E-state index contributed by atoms with van der Waals surface area (Å²) in [6.45, 7) is 4.17. The third-order valence-corrected chi connectivity index (χ3v) is 6.06. The van der Waals surface area contributed by atoms with Crippen molar-refractivity contribution in [1.82, 2.24) is 0 Å². The van der Waals surface area contributed by atoms with Gasteiger partial charge in [-0.15, -0.1) is 11.3 Å². The molecule has 0 saturated carbocycles. The normalized spacial score (nSPS) is 16.2. The lowest BCUT2D eigenvalue weighted by molar-refractivity contribution is -0.112. The predicted octanol–water partition coefficient (Wildman–Crippen LogP) is 4.95. The van der Waals surface area contributed by atoms with E-state index in [1.54, 1.807) is 19.1 Å². The maximum Gasteiger partial charge on any atom is 0.341 e. The van der Waals surface area contributed by atoms with E-state index in [9.17, 15) is 14.9 Å². The first-order valence-electron chi connectivity index (χ1n) is 8.93. The van der Waals surface area contributed by atoms with Crippen LogP contribution in [0.4, 0.5) is 5.00 Å². The Bertz CT molecular complexity index is 983. The van der Waals surface area contributed by atoms with E-state index in [1.165, 1.54) is 17.4 Å². The minimum atomic E-state index is -0.591. The van der Waals surface area contributed by atoms with Gasteiger partial charge in [0.1, 0.15) is 22.4 Å². The number of anilines is 1. The predicted molar refractivity (Wildman–Crippen MR) is 110 cm³/mol. The standard InChI is InChI=1S/C20H19BrN2O4S/c1-3-26-20(25)17-14-6-4-11(2)8-15(14)28-19(17)23-18(24)12(10-22)9-13-5-7-16(21)27-13/h5,7,9,11H,3-4,6,8H2,1-2H3,(H,23,24)/b12-9+. The number of hydrogen-bond donors (Lipinski definition) is 1. The fraction of sp³-hybridized carbons (Fsp3) is 0.350. The summed E-state index contributed by atoms with van der Waals surface area (Å²) >= 11 is 4.57. The third kappa shape index (κ3) is 4.37. The molecule has 1 aliphatic carbocycles. The van der Waals surface area contributed by atoms with Crippen molar-refractivity contribution >= 4 is 50.2 Å². The third-order valence-electron chi connectivity index (χ3n) is 4.46. The molecule has 1 atom stereocenters. The molecule has 1 N–H and O–H groups in total. The molecule has 0 aliphatic heterocycles. The highest BCUT2D eigenvalue weighted by Gasteiger charge is 2.29. The molecule has 2 aromatic rings. The number of amides is 1. The van der Waals surface area contributed by atoms with Crippen molar-refractivity contribution in [2.45, 2.75) is 33.1 Å². The summed E-state index contributed by atoms with van der Waals surface area (Å²) in [5.41, 5.74) is 1.26. The van der Waals surface area contributed by atoms with Gasteiger partial charge in [0.15, 0.2) is 4.67 Å². The van der Waals surface area contributed by atoms with Crippen LogP contribution in [0.25, 0.3) is 6.08 Å². The van der Waals surface area contributed by atoms with Gasteiger partial charge in [0.05, 0.1) is 12.2 Å². The Morgan fingerprint density at radius 1 is 1.50 bits per heavy atom. The van der Waals surface area contributed by atoms with Crippen LogP contribution >= 0.6 is 27.3 Å². The molecule has 28 heavy (non-hydrogen) atoms. The van der Waals surface area contributed by atoms with Crippen molar-refractivity contribution in [2.24, 2.45) is 5.92 Å². The second-order valence-corrected chi connectivity index (χ2v) is 8.43. The highest BCUT2D eigenvalue weighted by Crippen LogP contribution is 2.40. The molecular formula is C20H19BrN2O4S. The van der Waals surface area contributed by atoms with Gasteiger partial charge in [-0.2, -0.15) is 5.26 Å². The van der Waals surface area contributed by atoms with E-state index in [-0.39, 0.29) is 12.2 Å². The number of thiophene rings is 1. The zero-order chi connectivity index (χ0) is 20.3. The molecule has 0 aromatic carbocycles. The van der Waals surface area contributed by atoms with Crippen LogP contribution in [-0.4, -0.2) is 18.5 Å². The number of nitrogens with zero attached hydrogens (tertiary/aromatic N) is 1. The molecule has 2 aromatic heterocycles. The summed E-state index contributed by atoms with van der Waals surface area (Å²) in [5, 5.41) is 12.6. The van der Waals surface area contributed by atoms with Gasteiger partial charge in [-0.25, -0.2) is 4.79 Å². The van der Waals surface area contributed by atoms with Crippen molar-refractivity contribution in [1.29, 1.82) is 5.26 Å². The summed E-state index contributed by atoms with van der Waals surface area (Å²) < 4.78 is 11.0. The van der Waals surface area contributed by atoms with Crippen molar-refractivity contribution in [3.8, 4) is 6.07 Å². The number of esters is 1. The monoisotopic (exact) mass is 462 g/mol. The van der Waals surface area contributed by atoms with Crippen molar-refractivity contribution < 1.29 is 18.7 Å². The number of ether oxygens (including phenoxy) is 1. The number of rotatable bonds is 5. The number of hydrogen-bond acceptors (Lipinski definition) is 6. The van der Waals surface area contributed by atoms with Crippen LogP contribution in [-0.2, 0) is 22.4 Å². The maximum absolute atomic E-state index is 12.7. The smallest absolute Gasteiger partial charge is 0.341 e. The van der Waals surface area contributed by atoms with Gasteiger partial charge in [-0.3, -0.25) is 4.79 Å². The molecule has 0 fully saturated rings. The number of carbonyl (C=O) groups is 2. The Balaban J connectivity index is 1.92. The lowest BCUT2D eigenvalue weighted by atomic mass is 9.88. The molecule has 3 rings (SSSR count). The Kier molecular flexibility index (Phi) is 6.37. The topological polar surface area (TPSA) is 92.3 Å². The van der Waals surface area contributed by atoms with E-state index >= 15 is 0 Å². The zero-order valence-electron chi connectivity index (χ0n) is 15.5. The molecule has 0 spiro atoms. The minimum absolute atomic E-state index is 0.114. The fourth-order valence-corrected chi connectivity index (χ4v) is 4.84. The fourth-order valence-electron chi connectivity index (χ4n) is 3.13. The SMILES string of the molecule is CCOC(=O)c1c(NC(=O)/C(C#N)=C/c2ccc(Br)o2)sc2c1CCC(C)C2. The first-order chi connectivity index (χ1) is 13.4. The average molecular weight is 463 g/mol. The molecule has 0 radical (unpaired) electrons. The number of carbonyl (C=O) groups excluding carboxylic acids is 2. The van der Waals surface area contributed by atoms with Crippen molar-refractivity contribution in [3.05, 3.63) is 44.1 Å². The van der Waals surface area contributed by atoms with Crippen LogP contribution < -0.4 is 5.32 Å². The van der Waals surface area contributed by atoms with Gasteiger partial charge in [0.25, 0.3) is 5.91 Å². The van der Waals surface area contributed by atoms with E-state index < -0.39 is 11.9 Å². The van der Waals surface area contributed by atoms with E-state index in [0.717, 1.165) is 29.7 Å². The zero-order valence-corrected chi connectivity index (χ0v) is 17.9. The molecule has 2 heterocycles. The first-order valence-corrected chi connectivity index (χ1v) is 10.5. The Labute approximate surface area is 175 Å². The first kappa shape index (κ1) is 20.4. The molecule has 1 amide bonds. The summed E-state index contributed by atoms with van der Waals surface area (Å²) in [7, 11) is 0. The van der Waals surface area contributed by atoms with Crippen LogP contribution in [0.1, 0.15) is 46.8 Å². The summed E-state index contributed by atoms with van der Waals surface area (Å²) in [5.74, 6) is -0.130. The lowest BCUT2D eigenvalue weighted by Gasteiger charge is -2.18. The molecule has 6 nitrogen and oxygen atoms in total. The molecule has 8 heteroatoms. The molecule has 0 saturated heterocycles. The summed E-state index contributed by atoms with van der Waals surface area (Å²) in [6, 6.07) is 5.20. The quantitative estimate of drug-likeness (QED) is 0.385. The largest absolute Gasteiger partial charge is 0.462 e. The number of fused-ring (bicyclic) bond motifs is 1. The number of nitriles is 1. The van der Waals surface area contributed by atoms with E-state index in [4.69, 9.17) is 9.15 Å². The Hall–Kier alpha value is -2.37. The second-order valence-electron chi connectivity index (χ2n) is 6.54. The molecule has 1 unspecified atom stereocenters. The van der Waals surface area contributed by atoms with E-state index in [0.29, 0.717) is 26.9 Å². The second kappa shape index (κ2) is 8.76. The highest BCUT2D eigenvalue weighted by atomic mass is 79.9. The van der Waals surface area contributed by atoms with Gasteiger partial charge in [-0.1, -0.05) is 6.92 Å². The maximum atomic E-state index is 12.7. The summed E-state index contributed by atoms with van der Waals surface area (Å²) in [4.78, 5) is 26.3. The van der Waals surface area contributed by atoms with Crippen LogP contribution in [0.2, 0.25) is 0 Å². The highest BCUT2D eigenvalue weighted by molar-refractivity contribution is 9.10. The summed E-state index contributed by atoms with van der Waals surface area (Å²) in [6.07, 6.45) is 3.99. The van der Waals surface area contributed by atoms with Gasteiger partial charge in [0, 0.05) is 11.0 Å². The molecule has 0 bridgehead atoms. The van der Waals surface area contributed by atoms with Crippen molar-refractivity contribution in [2.75, 3.05) is 11.9 Å². The Morgan fingerprint density at radius 2 is 2.29 bits per heavy atom. The van der Waals surface area contributed by atoms with Crippen LogP contribution in [0, 0.1) is 17.2 Å². The number of nitrogens with one attached hydrogen (secondary N) is 1.